The molecular weight excluding hydrogens is 594 g/mol. The number of carbonyl (C=O) groups excluding carboxylic acids is 2. The molecule has 0 bridgehead atoms. The molecule has 1 aliphatic rings. The van der Waals surface area contributed by atoms with Gasteiger partial charge in [0.2, 0.25) is 0 Å². The topological polar surface area (TPSA) is 70.5 Å². The molecule has 1 aliphatic heterocycles. The van der Waals surface area contributed by atoms with Crippen molar-refractivity contribution >= 4 is 44.9 Å². The van der Waals surface area contributed by atoms with Crippen LogP contribution in [0.15, 0.2) is 78.9 Å². The Morgan fingerprint density at radius 1 is 1.00 bits per heavy atom. The maximum absolute atomic E-state index is 14.0. The largest absolute Gasteiger partial charge is 0.416 e. The molecule has 5 rings (SSSR count). The molecular formula is C28H22BrF4N5O2. The third kappa shape index (κ3) is 4.94. The lowest BCUT2D eigenvalue weighted by Crippen LogP contribution is -2.60. The van der Waals surface area contributed by atoms with Crippen molar-refractivity contribution in [1.82, 2.24) is 15.1 Å². The number of benzene rings is 3. The van der Waals surface area contributed by atoms with Crippen LogP contribution >= 0.6 is 15.9 Å². The van der Waals surface area contributed by atoms with Crippen molar-refractivity contribution in [3.63, 3.8) is 0 Å². The summed E-state index contributed by atoms with van der Waals surface area (Å²) in [6.07, 6.45) is -6.02. The van der Waals surface area contributed by atoms with Gasteiger partial charge in [0.1, 0.15) is 11.5 Å². The zero-order valence-corrected chi connectivity index (χ0v) is 22.6. The van der Waals surface area contributed by atoms with E-state index in [0.717, 1.165) is 18.2 Å². The highest BCUT2D eigenvalue weighted by atomic mass is 79.9. The van der Waals surface area contributed by atoms with E-state index in [4.69, 9.17) is 5.10 Å². The lowest BCUT2D eigenvalue weighted by molar-refractivity contribution is -0.137. The molecule has 0 radical (unpaired) electrons. The maximum Gasteiger partial charge on any atom is 0.416 e. The Morgan fingerprint density at radius 2 is 1.70 bits per heavy atom. The average molecular weight is 616 g/mol. The summed E-state index contributed by atoms with van der Waals surface area (Å²) < 4.78 is 55.5. The summed E-state index contributed by atoms with van der Waals surface area (Å²) in [6, 6.07) is 18.4. The predicted molar refractivity (Wildman–Crippen MR) is 145 cm³/mol. The number of likely N-dealkylation sites (N-methyl/N-ethyl adjacent to an activating group) is 1. The van der Waals surface area contributed by atoms with Crippen molar-refractivity contribution in [1.29, 1.82) is 0 Å². The van der Waals surface area contributed by atoms with E-state index in [1.165, 1.54) is 40.1 Å². The first kappa shape index (κ1) is 27.4. The van der Waals surface area contributed by atoms with Gasteiger partial charge in [-0.2, -0.15) is 18.3 Å². The molecule has 4 aromatic rings. The first-order valence-corrected chi connectivity index (χ1v) is 13.3. The number of carbonyl (C=O) groups is 2. The van der Waals surface area contributed by atoms with E-state index < -0.39 is 35.5 Å². The van der Waals surface area contributed by atoms with Crippen molar-refractivity contribution in [2.45, 2.75) is 24.6 Å². The number of alkyl halides is 4. The summed E-state index contributed by atoms with van der Waals surface area (Å²) in [5.41, 5.74) is 0.791. The van der Waals surface area contributed by atoms with Gasteiger partial charge in [-0.25, -0.2) is 9.07 Å². The summed E-state index contributed by atoms with van der Waals surface area (Å²) >= 11 is 3.47. The molecule has 3 aromatic carbocycles. The summed E-state index contributed by atoms with van der Waals surface area (Å²) in [7, 11) is 0. The van der Waals surface area contributed by atoms with E-state index in [1.807, 2.05) is 30.3 Å². The number of anilines is 3. The third-order valence-corrected chi connectivity index (χ3v) is 6.96. The molecule has 2 heterocycles. The Morgan fingerprint density at radius 3 is 2.33 bits per heavy atom. The SMILES string of the molecule is CCN1C(=O)C(NC(=O)c2cccc(C(F)(F)F)c2)N(c2ccc(F)cc2)c2c(CBr)nn(-c3ccccc3)c21. The van der Waals surface area contributed by atoms with Crippen LogP contribution in [0.2, 0.25) is 0 Å². The Labute approximate surface area is 235 Å². The number of halogens is 5. The van der Waals surface area contributed by atoms with Crippen LogP contribution in [0.25, 0.3) is 5.69 Å². The lowest BCUT2D eigenvalue weighted by atomic mass is 10.1. The van der Waals surface area contributed by atoms with E-state index in [1.54, 1.807) is 11.6 Å². The number of nitrogens with one attached hydrogen (secondary N) is 1. The van der Waals surface area contributed by atoms with Crippen LogP contribution in [-0.2, 0) is 16.3 Å². The minimum atomic E-state index is -4.65. The number of para-hydroxylation sites is 1. The fraction of sp³-hybridized carbons (Fsp3) is 0.179. The molecule has 0 aliphatic carbocycles. The van der Waals surface area contributed by atoms with Crippen LogP contribution in [0.4, 0.5) is 34.8 Å². The standard InChI is InChI=1S/C28H22BrF4N5O2/c1-2-36-26-23(22(16-29)35-38(26)21-9-4-3-5-10-21)37(20-13-11-19(30)12-14-20)24(27(36)40)34-25(39)17-7-6-8-18(15-17)28(31,32)33/h3-15,24H,2,16H2,1H3,(H,34,39). The molecule has 0 saturated carbocycles. The molecule has 40 heavy (non-hydrogen) atoms. The molecule has 0 spiro atoms. The van der Waals surface area contributed by atoms with Gasteiger partial charge in [-0.05, 0) is 61.5 Å². The normalized spacial score (nSPS) is 15.2. The predicted octanol–water partition coefficient (Wildman–Crippen LogP) is 6.19. The first-order valence-electron chi connectivity index (χ1n) is 12.2. The number of nitrogens with zero attached hydrogens (tertiary/aromatic N) is 4. The van der Waals surface area contributed by atoms with Crippen molar-refractivity contribution in [3.05, 3.63) is 102 Å². The van der Waals surface area contributed by atoms with Crippen molar-refractivity contribution < 1.29 is 27.2 Å². The number of aromatic nitrogens is 2. The molecule has 1 atom stereocenters. The molecule has 12 heteroatoms. The first-order chi connectivity index (χ1) is 19.1. The number of fused-ring (bicyclic) bond motifs is 1. The van der Waals surface area contributed by atoms with Crippen LogP contribution in [0, 0.1) is 5.82 Å². The van der Waals surface area contributed by atoms with Gasteiger partial charge in [-0.3, -0.25) is 14.5 Å². The van der Waals surface area contributed by atoms with Crippen LogP contribution in [0.1, 0.15) is 28.5 Å². The van der Waals surface area contributed by atoms with E-state index in [0.29, 0.717) is 28.6 Å². The van der Waals surface area contributed by atoms with Gasteiger partial charge in [0.15, 0.2) is 12.0 Å². The fourth-order valence-corrected chi connectivity index (χ4v) is 5.00. The van der Waals surface area contributed by atoms with Crippen LogP contribution in [0.3, 0.4) is 0 Å². The Hall–Kier alpha value is -4.19. The summed E-state index contributed by atoms with van der Waals surface area (Å²) in [5.74, 6) is -1.50. The molecule has 7 nitrogen and oxygen atoms in total. The fourth-order valence-electron chi connectivity index (χ4n) is 4.62. The van der Waals surface area contributed by atoms with E-state index in [-0.39, 0.29) is 17.4 Å². The van der Waals surface area contributed by atoms with Gasteiger partial charge in [0.25, 0.3) is 11.8 Å². The lowest BCUT2D eigenvalue weighted by Gasteiger charge is -2.41. The van der Waals surface area contributed by atoms with Gasteiger partial charge < -0.3 is 10.2 Å². The summed E-state index contributed by atoms with van der Waals surface area (Å²) in [6.45, 7) is 1.97. The number of hydrogen-bond acceptors (Lipinski definition) is 4. The highest BCUT2D eigenvalue weighted by Crippen LogP contribution is 2.44. The van der Waals surface area contributed by atoms with Crippen molar-refractivity contribution in [2.75, 3.05) is 16.3 Å². The quantitative estimate of drug-likeness (QED) is 0.208. The summed E-state index contributed by atoms with van der Waals surface area (Å²) in [5, 5.41) is 7.62. The zero-order valence-electron chi connectivity index (χ0n) is 21.0. The second kappa shape index (κ2) is 10.8. The maximum atomic E-state index is 14.0. The molecule has 1 aromatic heterocycles. The number of rotatable bonds is 6. The van der Waals surface area contributed by atoms with Crippen LogP contribution < -0.4 is 15.1 Å². The highest BCUT2D eigenvalue weighted by molar-refractivity contribution is 9.08. The minimum Gasteiger partial charge on any atom is -0.323 e. The monoisotopic (exact) mass is 615 g/mol. The van der Waals surface area contributed by atoms with Gasteiger partial charge in [0, 0.05) is 23.1 Å². The number of hydrogen-bond donors (Lipinski definition) is 1. The van der Waals surface area contributed by atoms with E-state index >= 15 is 0 Å². The molecule has 1 N–H and O–H groups in total. The summed E-state index contributed by atoms with van der Waals surface area (Å²) in [4.78, 5) is 30.3. The molecule has 1 unspecified atom stereocenters. The number of amides is 2. The Bertz CT molecular complexity index is 1560. The van der Waals surface area contributed by atoms with E-state index in [9.17, 15) is 27.2 Å². The highest BCUT2D eigenvalue weighted by Gasteiger charge is 2.44. The molecule has 0 fully saturated rings. The smallest absolute Gasteiger partial charge is 0.323 e. The Balaban J connectivity index is 1.67. The van der Waals surface area contributed by atoms with Gasteiger partial charge >= 0.3 is 6.18 Å². The average Bonchev–Trinajstić information content (AvgIpc) is 3.33. The van der Waals surface area contributed by atoms with Gasteiger partial charge in [-0.1, -0.05) is 40.2 Å². The molecule has 206 valence electrons. The zero-order chi connectivity index (χ0) is 28.6. The second-order valence-electron chi connectivity index (χ2n) is 8.88. The second-order valence-corrected chi connectivity index (χ2v) is 9.44. The van der Waals surface area contributed by atoms with E-state index in [2.05, 4.69) is 21.2 Å². The van der Waals surface area contributed by atoms with Gasteiger partial charge in [-0.15, -0.1) is 0 Å². The van der Waals surface area contributed by atoms with Crippen molar-refractivity contribution in [3.8, 4) is 5.69 Å². The minimum absolute atomic E-state index is 0.208. The Kier molecular flexibility index (Phi) is 7.37. The van der Waals surface area contributed by atoms with Gasteiger partial charge in [0.05, 0.1) is 16.9 Å². The van der Waals surface area contributed by atoms with Crippen LogP contribution in [0.5, 0.6) is 0 Å². The van der Waals surface area contributed by atoms with Crippen LogP contribution in [-0.4, -0.2) is 34.3 Å². The molecule has 0 saturated heterocycles. The molecule has 2 amide bonds. The van der Waals surface area contributed by atoms with Crippen molar-refractivity contribution in [2.24, 2.45) is 0 Å². The third-order valence-electron chi connectivity index (χ3n) is 6.43.